The van der Waals surface area contributed by atoms with Crippen molar-refractivity contribution >= 4 is 11.9 Å². The number of aromatic amines is 2. The van der Waals surface area contributed by atoms with Gasteiger partial charge in [-0.25, -0.2) is 9.59 Å². The first-order valence-electron chi connectivity index (χ1n) is 11.2. The van der Waals surface area contributed by atoms with Crippen molar-refractivity contribution in [3.8, 4) is 11.4 Å². The zero-order valence-electron chi connectivity index (χ0n) is 18.9. The molecule has 2 rings (SSSR count). The normalized spacial score (nSPS) is 10.9. The van der Waals surface area contributed by atoms with Crippen LogP contribution in [0.15, 0.2) is 12.4 Å². The highest BCUT2D eigenvalue weighted by molar-refractivity contribution is 5.95. The maximum absolute atomic E-state index is 12.4. The number of H-pyrrole nitrogens is 2. The lowest BCUT2D eigenvalue weighted by molar-refractivity contribution is 0.0488. The quantitative estimate of drug-likeness (QED) is 0.305. The monoisotopic (exact) mass is 416 g/mol. The SMILES string of the molecule is CCCCCCOC(=O)c1c[nH]c(-c2[nH]cc(C(=O)OCCCCCC)c2C)c1C. The summed E-state index contributed by atoms with van der Waals surface area (Å²) in [4.78, 5) is 31.1. The fraction of sp³-hybridized carbons (Fsp3) is 0.583. The molecule has 0 aromatic carbocycles. The van der Waals surface area contributed by atoms with Gasteiger partial charge < -0.3 is 19.4 Å². The van der Waals surface area contributed by atoms with E-state index < -0.39 is 0 Å². The fourth-order valence-corrected chi connectivity index (χ4v) is 3.48. The number of carbonyl (C=O) groups is 2. The maximum Gasteiger partial charge on any atom is 0.339 e. The van der Waals surface area contributed by atoms with Gasteiger partial charge >= 0.3 is 11.9 Å². The van der Waals surface area contributed by atoms with E-state index >= 15 is 0 Å². The molecule has 166 valence electrons. The minimum atomic E-state index is -0.317. The number of nitrogens with one attached hydrogen (secondary N) is 2. The van der Waals surface area contributed by atoms with Crippen molar-refractivity contribution in [2.24, 2.45) is 0 Å². The summed E-state index contributed by atoms with van der Waals surface area (Å²) in [7, 11) is 0. The highest BCUT2D eigenvalue weighted by Gasteiger charge is 2.21. The average molecular weight is 417 g/mol. The summed E-state index contributed by atoms with van der Waals surface area (Å²) < 4.78 is 10.8. The first-order chi connectivity index (χ1) is 14.5. The van der Waals surface area contributed by atoms with Crippen molar-refractivity contribution in [1.82, 2.24) is 9.97 Å². The fourth-order valence-electron chi connectivity index (χ4n) is 3.48. The molecule has 0 bridgehead atoms. The van der Waals surface area contributed by atoms with Crippen LogP contribution >= 0.6 is 0 Å². The highest BCUT2D eigenvalue weighted by Crippen LogP contribution is 2.29. The summed E-state index contributed by atoms with van der Waals surface area (Å²) in [6.07, 6.45) is 11.9. The van der Waals surface area contributed by atoms with Crippen molar-refractivity contribution < 1.29 is 19.1 Å². The lowest BCUT2D eigenvalue weighted by Crippen LogP contribution is -2.07. The van der Waals surface area contributed by atoms with Crippen molar-refractivity contribution in [2.75, 3.05) is 13.2 Å². The molecular weight excluding hydrogens is 380 g/mol. The number of aromatic nitrogens is 2. The van der Waals surface area contributed by atoms with Gasteiger partial charge in [-0.1, -0.05) is 52.4 Å². The predicted octanol–water partition coefficient (Wildman–Crippen LogP) is 6.10. The second-order valence-electron chi connectivity index (χ2n) is 7.80. The Balaban J connectivity index is 2.00. The molecular formula is C24H36N2O4. The Morgan fingerprint density at radius 1 is 0.700 bits per heavy atom. The van der Waals surface area contributed by atoms with Crippen LogP contribution in [0.1, 0.15) is 97.1 Å². The standard InChI is InChI=1S/C24H36N2O4/c1-5-7-9-11-13-29-23(27)19-15-25-21(17(19)3)22-18(4)20(16-26-22)24(28)30-14-12-10-8-6-2/h15-16,25-26H,5-14H2,1-4H3. The Labute approximate surface area is 179 Å². The molecule has 0 aliphatic rings. The van der Waals surface area contributed by atoms with Gasteiger partial charge in [-0.05, 0) is 37.8 Å². The lowest BCUT2D eigenvalue weighted by atomic mass is 10.1. The number of esters is 2. The molecule has 0 fully saturated rings. The van der Waals surface area contributed by atoms with Gasteiger partial charge in [-0.15, -0.1) is 0 Å². The van der Waals surface area contributed by atoms with E-state index in [1.807, 2.05) is 13.8 Å². The summed E-state index contributed by atoms with van der Waals surface area (Å²) in [6.45, 7) is 8.94. The zero-order chi connectivity index (χ0) is 21.9. The Bertz CT molecular complexity index is 751. The number of carbonyl (C=O) groups excluding carboxylic acids is 2. The molecule has 0 saturated heterocycles. The molecule has 0 atom stereocenters. The number of rotatable bonds is 13. The van der Waals surface area contributed by atoms with E-state index in [1.165, 1.54) is 0 Å². The van der Waals surface area contributed by atoms with E-state index in [2.05, 4.69) is 23.8 Å². The topological polar surface area (TPSA) is 84.2 Å². The van der Waals surface area contributed by atoms with Gasteiger partial charge in [0.25, 0.3) is 0 Å². The second-order valence-corrected chi connectivity index (χ2v) is 7.80. The van der Waals surface area contributed by atoms with Crippen molar-refractivity contribution in [3.63, 3.8) is 0 Å². The van der Waals surface area contributed by atoms with Crippen LogP contribution in [0.25, 0.3) is 11.4 Å². The van der Waals surface area contributed by atoms with Crippen LogP contribution in [0.2, 0.25) is 0 Å². The molecule has 0 aliphatic heterocycles. The molecule has 0 unspecified atom stereocenters. The summed E-state index contributed by atoms with van der Waals surface area (Å²) in [6, 6.07) is 0. The van der Waals surface area contributed by atoms with E-state index in [9.17, 15) is 9.59 Å². The van der Waals surface area contributed by atoms with Crippen LogP contribution in [-0.4, -0.2) is 35.1 Å². The molecule has 0 amide bonds. The molecule has 0 saturated carbocycles. The van der Waals surface area contributed by atoms with Gasteiger partial charge in [0.15, 0.2) is 0 Å². The van der Waals surface area contributed by atoms with Crippen molar-refractivity contribution in [3.05, 3.63) is 34.6 Å². The molecule has 2 N–H and O–H groups in total. The van der Waals surface area contributed by atoms with E-state index in [0.29, 0.717) is 24.3 Å². The number of hydrogen-bond acceptors (Lipinski definition) is 4. The van der Waals surface area contributed by atoms with Gasteiger partial charge in [0.2, 0.25) is 0 Å². The third-order valence-electron chi connectivity index (χ3n) is 5.43. The smallest absolute Gasteiger partial charge is 0.339 e. The van der Waals surface area contributed by atoms with Gasteiger partial charge in [0.1, 0.15) is 0 Å². The highest BCUT2D eigenvalue weighted by atomic mass is 16.5. The molecule has 2 heterocycles. The van der Waals surface area contributed by atoms with Crippen LogP contribution in [0.5, 0.6) is 0 Å². The van der Waals surface area contributed by atoms with Gasteiger partial charge in [-0.2, -0.15) is 0 Å². The van der Waals surface area contributed by atoms with Gasteiger partial charge in [0, 0.05) is 12.4 Å². The molecule has 6 heteroatoms. The van der Waals surface area contributed by atoms with Crippen LogP contribution in [0.4, 0.5) is 0 Å². The first-order valence-corrected chi connectivity index (χ1v) is 11.2. The van der Waals surface area contributed by atoms with Crippen LogP contribution in [0, 0.1) is 13.8 Å². The first kappa shape index (κ1) is 23.8. The Hall–Kier alpha value is -2.50. The van der Waals surface area contributed by atoms with E-state index in [-0.39, 0.29) is 11.9 Å². The Morgan fingerprint density at radius 3 is 1.47 bits per heavy atom. The molecule has 2 aromatic rings. The minimum absolute atomic E-state index is 0.317. The summed E-state index contributed by atoms with van der Waals surface area (Å²) in [5, 5.41) is 0. The van der Waals surface area contributed by atoms with Crippen LogP contribution in [0.3, 0.4) is 0 Å². The largest absolute Gasteiger partial charge is 0.462 e. The van der Waals surface area contributed by atoms with Crippen LogP contribution < -0.4 is 0 Å². The molecule has 30 heavy (non-hydrogen) atoms. The Morgan fingerprint density at radius 2 is 1.10 bits per heavy atom. The third-order valence-corrected chi connectivity index (χ3v) is 5.43. The number of hydrogen-bond donors (Lipinski definition) is 2. The number of unbranched alkanes of at least 4 members (excludes halogenated alkanes) is 6. The maximum atomic E-state index is 12.4. The zero-order valence-corrected chi connectivity index (χ0v) is 18.9. The number of ether oxygens (including phenoxy) is 2. The summed E-state index contributed by atoms with van der Waals surface area (Å²) >= 11 is 0. The van der Waals surface area contributed by atoms with E-state index in [1.54, 1.807) is 12.4 Å². The van der Waals surface area contributed by atoms with E-state index in [0.717, 1.165) is 73.9 Å². The summed E-state index contributed by atoms with van der Waals surface area (Å²) in [5.41, 5.74) is 4.22. The van der Waals surface area contributed by atoms with Crippen LogP contribution in [-0.2, 0) is 9.47 Å². The van der Waals surface area contributed by atoms with Crippen molar-refractivity contribution in [1.29, 1.82) is 0 Å². The molecule has 0 spiro atoms. The second kappa shape index (κ2) is 12.3. The summed E-state index contributed by atoms with van der Waals surface area (Å²) in [5.74, 6) is -0.634. The average Bonchev–Trinajstić information content (AvgIpc) is 3.29. The molecule has 0 aliphatic carbocycles. The van der Waals surface area contributed by atoms with E-state index in [4.69, 9.17) is 9.47 Å². The predicted molar refractivity (Wildman–Crippen MR) is 119 cm³/mol. The molecule has 2 aromatic heterocycles. The van der Waals surface area contributed by atoms with Gasteiger partial charge in [0.05, 0.1) is 35.7 Å². The van der Waals surface area contributed by atoms with Gasteiger partial charge in [-0.3, -0.25) is 0 Å². The van der Waals surface area contributed by atoms with Crippen molar-refractivity contribution in [2.45, 2.75) is 79.1 Å². The third kappa shape index (κ3) is 6.25. The minimum Gasteiger partial charge on any atom is -0.462 e. The Kier molecular flexibility index (Phi) is 9.71. The molecule has 6 nitrogen and oxygen atoms in total. The lowest BCUT2D eigenvalue weighted by Gasteiger charge is -2.06. The molecule has 0 radical (unpaired) electrons.